The Hall–Kier alpha value is -2.96. The van der Waals surface area contributed by atoms with E-state index >= 15 is 0 Å². The van der Waals surface area contributed by atoms with Gasteiger partial charge in [-0.05, 0) is 54.4 Å². The Morgan fingerprint density at radius 3 is 2.14 bits per heavy atom. The second kappa shape index (κ2) is 6.54. The van der Waals surface area contributed by atoms with E-state index < -0.39 is 19.1 Å². The standard InChI is InChI=1S/C22H21NO6/c1-28-12-4-2-11(3-5-12)17(24)10-29-18(25)9-23-21(26)19-13-6-7-14(16-8-15(13)16)20(19)22(23)27/h2-7,13-16,19-20H,8-10H2,1H3/t13-,14-,15-,16+,19-,20+/m1/s1. The minimum Gasteiger partial charge on any atom is -0.497 e. The molecule has 1 aliphatic heterocycles. The molecule has 1 aromatic rings. The molecular formula is C22H21NO6. The largest absolute Gasteiger partial charge is 0.497 e. The topological polar surface area (TPSA) is 90.0 Å². The summed E-state index contributed by atoms with van der Waals surface area (Å²) in [4.78, 5) is 51.1. The maximum absolute atomic E-state index is 12.8. The van der Waals surface area contributed by atoms with Crippen molar-refractivity contribution in [3.05, 3.63) is 42.0 Å². The van der Waals surface area contributed by atoms with Crippen molar-refractivity contribution >= 4 is 23.6 Å². The number of rotatable bonds is 6. The quantitative estimate of drug-likeness (QED) is 0.314. The number of ketones is 1. The van der Waals surface area contributed by atoms with E-state index in [-0.39, 0.29) is 41.3 Å². The Labute approximate surface area is 167 Å². The summed E-state index contributed by atoms with van der Waals surface area (Å²) in [6.07, 6.45) is 5.26. The fourth-order valence-corrected chi connectivity index (χ4v) is 5.36. The van der Waals surface area contributed by atoms with E-state index in [4.69, 9.17) is 9.47 Å². The number of likely N-dealkylation sites (tertiary alicyclic amines) is 1. The second-order valence-corrected chi connectivity index (χ2v) is 8.23. The monoisotopic (exact) mass is 395 g/mol. The molecular weight excluding hydrogens is 374 g/mol. The Kier molecular flexibility index (Phi) is 4.08. The molecule has 0 aromatic heterocycles. The summed E-state index contributed by atoms with van der Waals surface area (Å²) in [6, 6.07) is 6.46. The minimum atomic E-state index is -0.752. The first kappa shape index (κ1) is 18.1. The van der Waals surface area contributed by atoms with Gasteiger partial charge in [0.15, 0.2) is 12.4 Å². The molecule has 4 aliphatic carbocycles. The van der Waals surface area contributed by atoms with E-state index in [1.165, 1.54) is 7.11 Å². The van der Waals surface area contributed by atoms with Crippen LogP contribution in [0.15, 0.2) is 36.4 Å². The Bertz CT molecular complexity index is 899. The molecule has 5 aliphatic rings. The van der Waals surface area contributed by atoms with Gasteiger partial charge >= 0.3 is 5.97 Å². The number of hydrogen-bond donors (Lipinski definition) is 0. The van der Waals surface area contributed by atoms with E-state index in [9.17, 15) is 19.2 Å². The molecule has 7 nitrogen and oxygen atoms in total. The Morgan fingerprint density at radius 1 is 1.00 bits per heavy atom. The molecule has 1 aromatic carbocycles. The summed E-state index contributed by atoms with van der Waals surface area (Å²) in [6.45, 7) is -0.874. The number of hydrogen-bond acceptors (Lipinski definition) is 6. The number of imide groups is 1. The van der Waals surface area contributed by atoms with Crippen LogP contribution in [-0.2, 0) is 19.1 Å². The molecule has 7 heteroatoms. The number of benzene rings is 1. The molecule has 1 saturated heterocycles. The number of carbonyl (C=O) groups excluding carboxylic acids is 4. The Morgan fingerprint density at radius 2 is 1.59 bits per heavy atom. The second-order valence-electron chi connectivity index (χ2n) is 8.23. The van der Waals surface area contributed by atoms with E-state index in [1.54, 1.807) is 24.3 Å². The third-order valence-electron chi connectivity index (χ3n) is 6.82. The first-order valence-electron chi connectivity index (χ1n) is 9.86. The molecule has 150 valence electrons. The maximum Gasteiger partial charge on any atom is 0.326 e. The number of amides is 2. The van der Waals surface area contributed by atoms with Crippen molar-refractivity contribution in [2.45, 2.75) is 6.42 Å². The fraction of sp³-hybridized carbons (Fsp3) is 0.455. The van der Waals surface area contributed by atoms with Crippen molar-refractivity contribution in [2.75, 3.05) is 20.3 Å². The predicted octanol–water partition coefficient (Wildman–Crippen LogP) is 1.47. The zero-order valence-corrected chi connectivity index (χ0v) is 15.9. The van der Waals surface area contributed by atoms with Crippen LogP contribution in [0.25, 0.3) is 0 Å². The molecule has 0 N–H and O–H groups in total. The van der Waals surface area contributed by atoms with E-state index in [2.05, 4.69) is 12.2 Å². The van der Waals surface area contributed by atoms with Gasteiger partial charge in [0.05, 0.1) is 18.9 Å². The van der Waals surface area contributed by atoms with Gasteiger partial charge in [-0.1, -0.05) is 12.2 Å². The molecule has 2 amide bonds. The Balaban J connectivity index is 1.20. The molecule has 2 saturated carbocycles. The van der Waals surface area contributed by atoms with Gasteiger partial charge in [0.25, 0.3) is 0 Å². The van der Waals surface area contributed by atoms with Gasteiger partial charge in [0, 0.05) is 5.56 Å². The van der Waals surface area contributed by atoms with Crippen molar-refractivity contribution in [3.63, 3.8) is 0 Å². The van der Waals surface area contributed by atoms with E-state index in [1.807, 2.05) is 0 Å². The van der Waals surface area contributed by atoms with Crippen molar-refractivity contribution < 1.29 is 28.7 Å². The lowest BCUT2D eigenvalue weighted by atomic mass is 9.63. The van der Waals surface area contributed by atoms with E-state index in [0.29, 0.717) is 23.1 Å². The van der Waals surface area contributed by atoms with Gasteiger partial charge in [-0.25, -0.2) is 0 Å². The molecule has 0 radical (unpaired) electrons. The van der Waals surface area contributed by atoms with Gasteiger partial charge in [-0.2, -0.15) is 0 Å². The highest BCUT2D eigenvalue weighted by Crippen LogP contribution is 2.65. The lowest BCUT2D eigenvalue weighted by molar-refractivity contribution is -0.152. The smallest absolute Gasteiger partial charge is 0.326 e. The van der Waals surface area contributed by atoms with Gasteiger partial charge in [0.1, 0.15) is 12.3 Å². The third-order valence-corrected chi connectivity index (χ3v) is 6.82. The van der Waals surface area contributed by atoms with Crippen LogP contribution in [0.4, 0.5) is 0 Å². The lowest BCUT2D eigenvalue weighted by Gasteiger charge is -2.37. The van der Waals surface area contributed by atoms with Crippen LogP contribution >= 0.6 is 0 Å². The predicted molar refractivity (Wildman–Crippen MR) is 99.7 cm³/mol. The molecule has 1 heterocycles. The highest BCUT2D eigenvalue weighted by molar-refractivity contribution is 6.08. The van der Waals surface area contributed by atoms with Crippen LogP contribution in [0.2, 0.25) is 0 Å². The first-order chi connectivity index (χ1) is 14.0. The van der Waals surface area contributed by atoms with Crippen LogP contribution in [0.3, 0.4) is 0 Å². The van der Waals surface area contributed by atoms with Crippen LogP contribution in [0.1, 0.15) is 16.8 Å². The number of methoxy groups -OCH3 is 1. The summed E-state index contributed by atoms with van der Waals surface area (Å²) in [5.74, 6) is -0.473. The van der Waals surface area contributed by atoms with Crippen LogP contribution in [-0.4, -0.2) is 48.7 Å². The first-order valence-corrected chi connectivity index (χ1v) is 9.86. The normalized spacial score (nSPS) is 33.3. The molecule has 6 atom stereocenters. The molecule has 29 heavy (non-hydrogen) atoms. The van der Waals surface area contributed by atoms with Crippen molar-refractivity contribution in [1.82, 2.24) is 4.90 Å². The van der Waals surface area contributed by atoms with Crippen LogP contribution in [0.5, 0.6) is 5.75 Å². The third kappa shape index (κ3) is 2.79. The van der Waals surface area contributed by atoms with Crippen molar-refractivity contribution in [2.24, 2.45) is 35.5 Å². The molecule has 0 spiro atoms. The summed E-state index contributed by atoms with van der Waals surface area (Å²) in [5, 5.41) is 0. The average Bonchev–Trinajstić information content (AvgIpc) is 3.53. The molecule has 3 fully saturated rings. The zero-order valence-electron chi connectivity index (χ0n) is 15.9. The summed E-state index contributed by atoms with van der Waals surface area (Å²) < 4.78 is 10.1. The molecule has 2 bridgehead atoms. The number of ether oxygens (including phenoxy) is 2. The average molecular weight is 395 g/mol. The number of Topliss-reactive ketones (excluding diaryl/α,β-unsaturated/α-hetero) is 1. The summed E-state index contributed by atoms with van der Waals surface area (Å²) >= 11 is 0. The fourth-order valence-electron chi connectivity index (χ4n) is 5.36. The number of carbonyl (C=O) groups is 4. The minimum absolute atomic E-state index is 0.115. The maximum atomic E-state index is 12.8. The lowest BCUT2D eigenvalue weighted by Crippen LogP contribution is -2.40. The van der Waals surface area contributed by atoms with Gasteiger partial charge < -0.3 is 9.47 Å². The molecule has 0 unspecified atom stereocenters. The highest BCUT2D eigenvalue weighted by Gasteiger charge is 2.67. The summed E-state index contributed by atoms with van der Waals surface area (Å²) in [5.41, 5.74) is 0.389. The summed E-state index contributed by atoms with van der Waals surface area (Å²) in [7, 11) is 1.53. The van der Waals surface area contributed by atoms with Crippen LogP contribution in [0, 0.1) is 35.5 Å². The highest BCUT2D eigenvalue weighted by atomic mass is 16.5. The van der Waals surface area contributed by atoms with Crippen molar-refractivity contribution in [3.8, 4) is 5.75 Å². The number of nitrogens with zero attached hydrogens (tertiary/aromatic N) is 1. The number of allylic oxidation sites excluding steroid dienone is 2. The van der Waals surface area contributed by atoms with E-state index in [0.717, 1.165) is 11.3 Å². The van der Waals surface area contributed by atoms with Gasteiger partial charge in [0.2, 0.25) is 11.8 Å². The number of esters is 1. The molecule has 6 rings (SSSR count). The van der Waals surface area contributed by atoms with Crippen molar-refractivity contribution in [1.29, 1.82) is 0 Å². The van der Waals surface area contributed by atoms with Gasteiger partial charge in [-0.3, -0.25) is 24.1 Å². The van der Waals surface area contributed by atoms with Gasteiger partial charge in [-0.15, -0.1) is 0 Å². The SMILES string of the molecule is COc1ccc(C(=O)COC(=O)CN2C(=O)[C@@H]3[C@@H]4C=C[C@H]([C@@H]5C[C@H]45)[C@@H]3C2=O)cc1. The van der Waals surface area contributed by atoms with Crippen LogP contribution < -0.4 is 4.74 Å². The zero-order chi connectivity index (χ0) is 20.3.